The minimum atomic E-state index is -0.863. The van der Waals surface area contributed by atoms with E-state index < -0.39 is 18.2 Å². The molecule has 2 heterocycles. The quantitative estimate of drug-likeness (QED) is 0.590. The van der Waals surface area contributed by atoms with E-state index in [4.69, 9.17) is 0 Å². The molecule has 35 heavy (non-hydrogen) atoms. The lowest BCUT2D eigenvalue weighted by atomic mass is 9.87. The minimum Gasteiger partial charge on any atom is -0.392 e. The number of carbonyl (C=O) groups excluding carboxylic acids is 2. The Kier molecular flexibility index (Phi) is 7.87. The number of rotatable bonds is 6. The molecule has 4 rings (SSSR count). The van der Waals surface area contributed by atoms with E-state index in [1.165, 1.54) is 6.42 Å². The number of nitrogens with zero attached hydrogens (tertiary/aromatic N) is 2. The SMILES string of the molecule is CC(C)(C)c1ccc(N(C(=O)[C@H]2C[C@@H](O)CN2)C(C(=O)NC2CCCCC2)c2cccnc2)cc1. The maximum Gasteiger partial charge on any atom is 0.248 e. The van der Waals surface area contributed by atoms with Gasteiger partial charge < -0.3 is 15.7 Å². The van der Waals surface area contributed by atoms with E-state index in [1.807, 2.05) is 30.3 Å². The van der Waals surface area contributed by atoms with Crippen LogP contribution >= 0.6 is 0 Å². The number of hydrogen-bond donors (Lipinski definition) is 3. The number of amides is 2. The molecule has 2 aliphatic rings. The summed E-state index contributed by atoms with van der Waals surface area (Å²) in [7, 11) is 0. The molecule has 3 atom stereocenters. The molecule has 7 heteroatoms. The molecule has 7 nitrogen and oxygen atoms in total. The molecule has 1 saturated carbocycles. The fourth-order valence-electron chi connectivity index (χ4n) is 5.08. The molecule has 188 valence electrons. The molecule has 2 aromatic rings. The van der Waals surface area contributed by atoms with Gasteiger partial charge >= 0.3 is 0 Å². The van der Waals surface area contributed by atoms with Crippen LogP contribution in [-0.4, -0.2) is 46.6 Å². The highest BCUT2D eigenvalue weighted by Crippen LogP contribution is 2.32. The zero-order chi connectivity index (χ0) is 25.0. The molecule has 2 fully saturated rings. The minimum absolute atomic E-state index is 0.0361. The second-order valence-electron chi connectivity index (χ2n) is 10.9. The fourth-order valence-corrected chi connectivity index (χ4v) is 5.08. The van der Waals surface area contributed by atoms with Crippen molar-refractivity contribution >= 4 is 17.5 Å². The normalized spacial score (nSPS) is 21.9. The van der Waals surface area contributed by atoms with Crippen molar-refractivity contribution in [1.29, 1.82) is 0 Å². The number of aliphatic hydroxyl groups is 1. The summed E-state index contributed by atoms with van der Waals surface area (Å²) in [6.45, 7) is 6.79. The Morgan fingerprint density at radius 3 is 2.40 bits per heavy atom. The number of benzene rings is 1. The number of pyridine rings is 1. The number of nitrogens with one attached hydrogen (secondary N) is 2. The summed E-state index contributed by atoms with van der Waals surface area (Å²) in [5, 5.41) is 16.4. The van der Waals surface area contributed by atoms with Gasteiger partial charge in [-0.1, -0.05) is 58.2 Å². The largest absolute Gasteiger partial charge is 0.392 e. The lowest BCUT2D eigenvalue weighted by molar-refractivity contribution is -0.128. The van der Waals surface area contributed by atoms with Gasteiger partial charge in [-0.25, -0.2) is 0 Å². The third-order valence-electron chi connectivity index (χ3n) is 7.11. The highest BCUT2D eigenvalue weighted by atomic mass is 16.3. The van der Waals surface area contributed by atoms with Gasteiger partial charge in [0.1, 0.15) is 6.04 Å². The summed E-state index contributed by atoms with van der Waals surface area (Å²) >= 11 is 0. The lowest BCUT2D eigenvalue weighted by Gasteiger charge is -2.35. The van der Waals surface area contributed by atoms with E-state index in [1.54, 1.807) is 23.4 Å². The first-order valence-corrected chi connectivity index (χ1v) is 12.8. The monoisotopic (exact) mass is 478 g/mol. The molecule has 1 aliphatic carbocycles. The molecule has 1 unspecified atom stereocenters. The molecule has 0 spiro atoms. The van der Waals surface area contributed by atoms with Crippen molar-refractivity contribution in [3.05, 3.63) is 59.9 Å². The van der Waals surface area contributed by atoms with Crippen LogP contribution in [0, 0.1) is 0 Å². The molecule has 1 aromatic carbocycles. The van der Waals surface area contributed by atoms with E-state index in [9.17, 15) is 14.7 Å². The molecular formula is C28H38N4O3. The van der Waals surface area contributed by atoms with Gasteiger partial charge in [-0.05, 0) is 48.4 Å². The number of anilines is 1. The number of hydrogen-bond acceptors (Lipinski definition) is 5. The Morgan fingerprint density at radius 1 is 1.11 bits per heavy atom. The van der Waals surface area contributed by atoms with Crippen LogP contribution < -0.4 is 15.5 Å². The van der Waals surface area contributed by atoms with Gasteiger partial charge in [0, 0.05) is 36.2 Å². The van der Waals surface area contributed by atoms with Crippen molar-refractivity contribution in [2.75, 3.05) is 11.4 Å². The van der Waals surface area contributed by atoms with Crippen LogP contribution in [0.25, 0.3) is 0 Å². The first-order chi connectivity index (χ1) is 16.7. The third-order valence-corrected chi connectivity index (χ3v) is 7.11. The summed E-state index contributed by atoms with van der Waals surface area (Å²) in [5.74, 6) is -0.422. The van der Waals surface area contributed by atoms with E-state index in [0.29, 0.717) is 24.2 Å². The summed E-state index contributed by atoms with van der Waals surface area (Å²) < 4.78 is 0. The van der Waals surface area contributed by atoms with Crippen molar-refractivity contribution < 1.29 is 14.7 Å². The van der Waals surface area contributed by atoms with Crippen molar-refractivity contribution in [3.8, 4) is 0 Å². The first-order valence-electron chi connectivity index (χ1n) is 12.8. The number of aliphatic hydroxyl groups excluding tert-OH is 1. The van der Waals surface area contributed by atoms with Crippen LogP contribution in [0.4, 0.5) is 5.69 Å². The predicted octanol–water partition coefficient (Wildman–Crippen LogP) is 3.63. The average molecular weight is 479 g/mol. The number of β-amino-alcohol motifs (C(OH)–C–C–N with tert-alkyl or cyclic N) is 1. The molecule has 1 saturated heterocycles. The highest BCUT2D eigenvalue weighted by molar-refractivity contribution is 6.04. The Balaban J connectivity index is 1.74. The Hall–Kier alpha value is -2.77. The van der Waals surface area contributed by atoms with E-state index in [2.05, 4.69) is 36.4 Å². The van der Waals surface area contributed by atoms with E-state index in [0.717, 1.165) is 31.2 Å². The summed E-state index contributed by atoms with van der Waals surface area (Å²) in [4.78, 5) is 33.6. The van der Waals surface area contributed by atoms with Crippen molar-refractivity contribution in [2.45, 2.75) is 88.9 Å². The Morgan fingerprint density at radius 2 is 1.83 bits per heavy atom. The Bertz CT molecular complexity index is 997. The molecule has 1 aliphatic heterocycles. The van der Waals surface area contributed by atoms with Crippen LogP contribution in [-0.2, 0) is 15.0 Å². The maximum absolute atomic E-state index is 13.9. The molecule has 0 bridgehead atoms. The van der Waals surface area contributed by atoms with Crippen LogP contribution in [0.15, 0.2) is 48.8 Å². The lowest BCUT2D eigenvalue weighted by Crippen LogP contribution is -2.51. The van der Waals surface area contributed by atoms with E-state index >= 15 is 0 Å². The van der Waals surface area contributed by atoms with Gasteiger partial charge in [-0.2, -0.15) is 0 Å². The van der Waals surface area contributed by atoms with Gasteiger partial charge in [0.15, 0.2) is 0 Å². The van der Waals surface area contributed by atoms with Crippen LogP contribution in [0.3, 0.4) is 0 Å². The first kappa shape index (κ1) is 25.3. The van der Waals surface area contributed by atoms with Gasteiger partial charge in [-0.3, -0.25) is 19.5 Å². The smallest absolute Gasteiger partial charge is 0.248 e. The number of carbonyl (C=O) groups is 2. The van der Waals surface area contributed by atoms with Gasteiger partial charge in [0.25, 0.3) is 0 Å². The third kappa shape index (κ3) is 6.08. The summed E-state index contributed by atoms with van der Waals surface area (Å²) in [6.07, 6.45) is 8.36. The molecule has 1 aromatic heterocycles. The number of aromatic nitrogens is 1. The highest BCUT2D eigenvalue weighted by Gasteiger charge is 2.39. The van der Waals surface area contributed by atoms with Gasteiger partial charge in [0.05, 0.1) is 12.1 Å². The van der Waals surface area contributed by atoms with Crippen molar-refractivity contribution in [2.24, 2.45) is 0 Å². The van der Waals surface area contributed by atoms with Gasteiger partial charge in [-0.15, -0.1) is 0 Å². The van der Waals surface area contributed by atoms with E-state index in [-0.39, 0.29) is 23.3 Å². The molecular weight excluding hydrogens is 440 g/mol. The standard InChI is InChI=1S/C28H38N4O3/c1-28(2,3)20-11-13-22(14-12-20)32(27(35)24-16-23(33)18-30-24)25(19-8-7-15-29-17-19)26(34)31-21-9-5-4-6-10-21/h7-8,11-15,17,21,23-25,30,33H,4-6,9-10,16,18H2,1-3H3,(H,31,34)/t23-,24-,25?/m1/s1. The van der Waals surface area contributed by atoms with Crippen molar-refractivity contribution in [3.63, 3.8) is 0 Å². The summed E-state index contributed by atoms with van der Waals surface area (Å²) in [5.41, 5.74) is 2.42. The van der Waals surface area contributed by atoms with Crippen molar-refractivity contribution in [1.82, 2.24) is 15.6 Å². The van der Waals surface area contributed by atoms with Crippen LogP contribution in [0.1, 0.15) is 76.5 Å². The summed E-state index contributed by atoms with van der Waals surface area (Å²) in [6, 6.07) is 10.2. The van der Waals surface area contributed by atoms with Crippen LogP contribution in [0.5, 0.6) is 0 Å². The molecule has 0 radical (unpaired) electrons. The predicted molar refractivity (Wildman–Crippen MR) is 137 cm³/mol. The topological polar surface area (TPSA) is 94.6 Å². The second-order valence-corrected chi connectivity index (χ2v) is 10.9. The maximum atomic E-state index is 13.9. The second kappa shape index (κ2) is 10.9. The average Bonchev–Trinajstić information content (AvgIpc) is 3.29. The molecule has 3 N–H and O–H groups in total. The zero-order valence-electron chi connectivity index (χ0n) is 21.0. The fraction of sp³-hybridized carbons (Fsp3) is 0.536. The molecule has 2 amide bonds. The van der Waals surface area contributed by atoms with Gasteiger partial charge in [0.2, 0.25) is 11.8 Å². The zero-order valence-corrected chi connectivity index (χ0v) is 21.0. The van der Waals surface area contributed by atoms with Crippen LogP contribution in [0.2, 0.25) is 0 Å². The Labute approximate surface area is 208 Å².